The molecule has 3 N–H and O–H groups in total. The van der Waals surface area contributed by atoms with Gasteiger partial charge >= 0.3 is 0 Å². The first-order valence-corrected chi connectivity index (χ1v) is 16.6. The van der Waals surface area contributed by atoms with Gasteiger partial charge in [0.15, 0.2) is 0 Å². The van der Waals surface area contributed by atoms with Crippen molar-refractivity contribution >= 4 is 30.8 Å². The number of benzene rings is 3. The number of para-hydroxylation sites is 1. The molecule has 0 spiro atoms. The standard InChI is InChI=1S/C33H42N3O5P/c1-4-20-36(21-5-2)33(39)28-17-11-16-27(23-28)32(38)35-30(26-14-7-6-8-15-26)24-42(40,41)22-12-19-31(37)34-29-18-10-9-13-25(29)3/h6-11,13-18,23,30H,4-5,12,19-22,24H2,1-3H3,(H,34,37)(H,35,38)(H,40,41)/t30-/m1/s1. The van der Waals surface area contributed by atoms with Crippen LogP contribution in [-0.2, 0) is 9.36 Å². The Hall–Kier alpha value is -3.74. The van der Waals surface area contributed by atoms with Crippen molar-refractivity contribution in [1.29, 1.82) is 0 Å². The molecule has 0 aliphatic carbocycles. The van der Waals surface area contributed by atoms with Crippen LogP contribution < -0.4 is 10.6 Å². The highest BCUT2D eigenvalue weighted by atomic mass is 31.2. The van der Waals surface area contributed by atoms with Crippen LogP contribution in [0.5, 0.6) is 0 Å². The number of nitrogens with one attached hydrogen (secondary N) is 2. The van der Waals surface area contributed by atoms with Crippen molar-refractivity contribution < 1.29 is 23.8 Å². The summed E-state index contributed by atoms with van der Waals surface area (Å²) in [6.07, 6.45) is 1.78. The molecule has 0 aromatic heterocycles. The Balaban J connectivity index is 1.68. The SMILES string of the molecule is CCCN(CCC)C(=O)c1cccc(C(=O)N[C@H](CP(=O)(O)CCCC(=O)Nc2ccccc2C)c2ccccc2)c1. The minimum atomic E-state index is -3.72. The summed E-state index contributed by atoms with van der Waals surface area (Å²) in [4.78, 5) is 51.5. The third-order valence-corrected chi connectivity index (χ3v) is 8.90. The van der Waals surface area contributed by atoms with Gasteiger partial charge in [0.2, 0.25) is 13.3 Å². The number of rotatable bonds is 15. The zero-order valence-electron chi connectivity index (χ0n) is 24.7. The van der Waals surface area contributed by atoms with E-state index in [0.29, 0.717) is 29.8 Å². The summed E-state index contributed by atoms with van der Waals surface area (Å²) >= 11 is 0. The second-order valence-electron chi connectivity index (χ2n) is 10.5. The van der Waals surface area contributed by atoms with Gasteiger partial charge in [0.25, 0.3) is 11.8 Å². The summed E-state index contributed by atoms with van der Waals surface area (Å²) in [5, 5.41) is 5.76. The third kappa shape index (κ3) is 9.97. The van der Waals surface area contributed by atoms with E-state index >= 15 is 0 Å². The Morgan fingerprint density at radius 2 is 1.52 bits per heavy atom. The summed E-state index contributed by atoms with van der Waals surface area (Å²) in [5.41, 5.74) is 3.08. The van der Waals surface area contributed by atoms with E-state index in [2.05, 4.69) is 10.6 Å². The van der Waals surface area contributed by atoms with E-state index in [0.717, 1.165) is 24.1 Å². The molecule has 42 heavy (non-hydrogen) atoms. The zero-order chi connectivity index (χ0) is 30.5. The molecular weight excluding hydrogens is 549 g/mol. The van der Waals surface area contributed by atoms with Gasteiger partial charge in [-0.2, -0.15) is 0 Å². The number of carbonyl (C=O) groups excluding carboxylic acids is 3. The van der Waals surface area contributed by atoms with Crippen LogP contribution in [0.1, 0.15) is 77.4 Å². The smallest absolute Gasteiger partial charge is 0.253 e. The molecule has 0 fully saturated rings. The van der Waals surface area contributed by atoms with Crippen molar-refractivity contribution in [2.45, 2.75) is 52.5 Å². The van der Waals surface area contributed by atoms with Crippen LogP contribution in [-0.4, -0.2) is 52.9 Å². The van der Waals surface area contributed by atoms with Crippen molar-refractivity contribution in [3.63, 3.8) is 0 Å². The lowest BCUT2D eigenvalue weighted by atomic mass is 10.1. The summed E-state index contributed by atoms with van der Waals surface area (Å²) in [6, 6.07) is 22.3. The third-order valence-electron chi connectivity index (χ3n) is 6.95. The molecule has 3 rings (SSSR count). The highest BCUT2D eigenvalue weighted by molar-refractivity contribution is 7.58. The molecule has 3 amide bonds. The highest BCUT2D eigenvalue weighted by Crippen LogP contribution is 2.45. The van der Waals surface area contributed by atoms with Crippen LogP contribution in [0.3, 0.4) is 0 Å². The molecule has 0 bridgehead atoms. The number of carbonyl (C=O) groups is 3. The number of anilines is 1. The molecule has 8 nitrogen and oxygen atoms in total. The Kier molecular flexibility index (Phi) is 12.5. The lowest BCUT2D eigenvalue weighted by molar-refractivity contribution is -0.116. The quantitative estimate of drug-likeness (QED) is 0.177. The Morgan fingerprint density at radius 1 is 0.881 bits per heavy atom. The average molecular weight is 592 g/mol. The molecule has 0 radical (unpaired) electrons. The second kappa shape index (κ2) is 16.0. The Bertz CT molecular complexity index is 1390. The van der Waals surface area contributed by atoms with E-state index in [1.165, 1.54) is 0 Å². The highest BCUT2D eigenvalue weighted by Gasteiger charge is 2.27. The predicted molar refractivity (Wildman–Crippen MR) is 168 cm³/mol. The monoisotopic (exact) mass is 591 g/mol. The van der Waals surface area contributed by atoms with Crippen LogP contribution >= 0.6 is 7.37 Å². The minimum absolute atomic E-state index is 0.0535. The van der Waals surface area contributed by atoms with Crippen LogP contribution in [0.2, 0.25) is 0 Å². The molecule has 9 heteroatoms. The number of aryl methyl sites for hydroxylation is 1. The van der Waals surface area contributed by atoms with Crippen molar-refractivity contribution in [2.24, 2.45) is 0 Å². The van der Waals surface area contributed by atoms with E-state index in [4.69, 9.17) is 0 Å². The van der Waals surface area contributed by atoms with Crippen molar-refractivity contribution in [1.82, 2.24) is 10.2 Å². The molecule has 0 heterocycles. The fraction of sp³-hybridized carbons (Fsp3) is 0.364. The predicted octanol–water partition coefficient (Wildman–Crippen LogP) is 6.42. The normalized spacial score (nSPS) is 13.0. The molecule has 0 aliphatic heterocycles. The van der Waals surface area contributed by atoms with E-state index in [9.17, 15) is 23.8 Å². The van der Waals surface area contributed by atoms with Crippen molar-refractivity contribution in [3.05, 3.63) is 101 Å². The molecule has 3 aromatic carbocycles. The lowest BCUT2D eigenvalue weighted by Gasteiger charge is -2.23. The molecular formula is C33H42N3O5P. The van der Waals surface area contributed by atoms with Gasteiger partial charge in [-0.05, 0) is 61.6 Å². The van der Waals surface area contributed by atoms with Gasteiger partial charge in [-0.1, -0.05) is 68.4 Å². The maximum absolute atomic E-state index is 13.4. The summed E-state index contributed by atoms with van der Waals surface area (Å²) in [5.74, 6) is -0.781. The first kappa shape index (κ1) is 32.8. The van der Waals surface area contributed by atoms with E-state index in [-0.39, 0.29) is 37.0 Å². The zero-order valence-corrected chi connectivity index (χ0v) is 25.6. The average Bonchev–Trinajstić information content (AvgIpc) is 2.98. The van der Waals surface area contributed by atoms with Gasteiger partial charge < -0.3 is 20.4 Å². The van der Waals surface area contributed by atoms with Crippen LogP contribution in [0.15, 0.2) is 78.9 Å². The first-order chi connectivity index (χ1) is 20.1. The fourth-order valence-corrected chi connectivity index (χ4v) is 6.49. The molecule has 0 saturated heterocycles. The van der Waals surface area contributed by atoms with Crippen LogP contribution in [0.25, 0.3) is 0 Å². The van der Waals surface area contributed by atoms with Crippen LogP contribution in [0.4, 0.5) is 5.69 Å². The Morgan fingerprint density at radius 3 is 2.19 bits per heavy atom. The largest absolute Gasteiger partial charge is 0.345 e. The maximum Gasteiger partial charge on any atom is 0.253 e. The lowest BCUT2D eigenvalue weighted by Crippen LogP contribution is -2.33. The van der Waals surface area contributed by atoms with Crippen molar-refractivity contribution in [3.8, 4) is 0 Å². The van der Waals surface area contributed by atoms with Gasteiger partial charge in [0.05, 0.1) is 6.04 Å². The number of amides is 3. The van der Waals surface area contributed by atoms with Gasteiger partial charge in [0, 0.05) is 48.6 Å². The molecule has 0 aliphatic rings. The van der Waals surface area contributed by atoms with E-state index in [1.807, 2.05) is 63.2 Å². The van der Waals surface area contributed by atoms with Gasteiger partial charge in [-0.25, -0.2) is 0 Å². The molecule has 1 unspecified atom stereocenters. The minimum Gasteiger partial charge on any atom is -0.345 e. The summed E-state index contributed by atoms with van der Waals surface area (Å²) in [6.45, 7) is 7.21. The summed E-state index contributed by atoms with van der Waals surface area (Å²) < 4.78 is 13.3. The Labute approximate surface area is 249 Å². The van der Waals surface area contributed by atoms with Crippen molar-refractivity contribution in [2.75, 3.05) is 30.7 Å². The number of hydrogen-bond acceptors (Lipinski definition) is 4. The summed E-state index contributed by atoms with van der Waals surface area (Å²) in [7, 11) is -3.72. The number of nitrogens with zero attached hydrogens (tertiary/aromatic N) is 1. The van der Waals surface area contributed by atoms with Gasteiger partial charge in [-0.3, -0.25) is 18.9 Å². The second-order valence-corrected chi connectivity index (χ2v) is 13.0. The molecule has 3 aromatic rings. The fourth-order valence-electron chi connectivity index (χ4n) is 4.78. The molecule has 2 atom stereocenters. The van der Waals surface area contributed by atoms with Crippen LogP contribution in [0, 0.1) is 6.92 Å². The number of hydrogen-bond donors (Lipinski definition) is 3. The van der Waals surface area contributed by atoms with Gasteiger partial charge in [-0.15, -0.1) is 0 Å². The topological polar surface area (TPSA) is 116 Å². The first-order valence-electron chi connectivity index (χ1n) is 14.5. The molecule has 224 valence electrons. The van der Waals surface area contributed by atoms with Gasteiger partial charge in [0.1, 0.15) is 0 Å². The van der Waals surface area contributed by atoms with E-state index in [1.54, 1.807) is 41.3 Å². The maximum atomic E-state index is 13.4. The van der Waals surface area contributed by atoms with E-state index < -0.39 is 19.3 Å². The molecule has 0 saturated carbocycles.